The minimum absolute atomic E-state index is 0.463. The minimum Gasteiger partial charge on any atom is -0.493 e. The van der Waals surface area contributed by atoms with Gasteiger partial charge in [-0.3, -0.25) is 0 Å². The van der Waals surface area contributed by atoms with Crippen LogP contribution in [0.4, 0.5) is 0 Å². The highest BCUT2D eigenvalue weighted by Gasteiger charge is 2.05. The number of hydrogen-bond acceptors (Lipinski definition) is 5. The summed E-state index contributed by atoms with van der Waals surface area (Å²) < 4.78 is 10.9. The number of benzene rings is 1. The Hall–Kier alpha value is -1.59. The molecule has 0 saturated heterocycles. The molecule has 5 nitrogen and oxygen atoms in total. The standard InChI is InChI=1S/C12H14ClN3O2/c13-9-2-1-3-10(8-9)17-7-5-12-16-15-11(18-12)4-6-14/h1-3,8H,4-7,14H2. The van der Waals surface area contributed by atoms with E-state index in [1.807, 2.05) is 12.1 Å². The highest BCUT2D eigenvalue weighted by atomic mass is 35.5. The third kappa shape index (κ3) is 3.72. The molecule has 0 fully saturated rings. The summed E-state index contributed by atoms with van der Waals surface area (Å²) >= 11 is 5.85. The predicted octanol–water partition coefficient (Wildman–Crippen LogP) is 1.85. The van der Waals surface area contributed by atoms with E-state index < -0.39 is 0 Å². The highest BCUT2D eigenvalue weighted by molar-refractivity contribution is 6.30. The first-order chi connectivity index (χ1) is 8.78. The zero-order chi connectivity index (χ0) is 12.8. The minimum atomic E-state index is 0.463. The van der Waals surface area contributed by atoms with Gasteiger partial charge in [-0.05, 0) is 18.2 Å². The number of aromatic nitrogens is 2. The zero-order valence-electron chi connectivity index (χ0n) is 9.80. The summed E-state index contributed by atoms with van der Waals surface area (Å²) in [6.45, 7) is 0.964. The Morgan fingerprint density at radius 3 is 2.72 bits per heavy atom. The van der Waals surface area contributed by atoms with Crippen LogP contribution in [0.3, 0.4) is 0 Å². The fourth-order valence-electron chi connectivity index (χ4n) is 1.43. The Morgan fingerprint density at radius 2 is 2.00 bits per heavy atom. The number of nitrogens with two attached hydrogens (primary N) is 1. The van der Waals surface area contributed by atoms with E-state index >= 15 is 0 Å². The van der Waals surface area contributed by atoms with Crippen molar-refractivity contribution in [2.45, 2.75) is 12.8 Å². The molecule has 2 aromatic rings. The van der Waals surface area contributed by atoms with Gasteiger partial charge in [-0.25, -0.2) is 0 Å². The summed E-state index contributed by atoms with van der Waals surface area (Å²) in [6, 6.07) is 7.24. The van der Waals surface area contributed by atoms with Crippen LogP contribution in [0.2, 0.25) is 5.02 Å². The molecule has 0 aliphatic carbocycles. The largest absolute Gasteiger partial charge is 0.493 e. The van der Waals surface area contributed by atoms with Gasteiger partial charge in [0.15, 0.2) is 0 Å². The van der Waals surface area contributed by atoms with Crippen LogP contribution in [0.5, 0.6) is 5.75 Å². The molecule has 0 atom stereocenters. The number of ether oxygens (including phenoxy) is 1. The first-order valence-electron chi connectivity index (χ1n) is 5.67. The van der Waals surface area contributed by atoms with Crippen molar-refractivity contribution in [3.63, 3.8) is 0 Å². The van der Waals surface area contributed by atoms with Crippen molar-refractivity contribution in [1.29, 1.82) is 0 Å². The molecule has 6 heteroatoms. The first kappa shape index (κ1) is 12.9. The number of hydrogen-bond donors (Lipinski definition) is 1. The molecule has 0 spiro atoms. The van der Waals surface area contributed by atoms with Gasteiger partial charge in [0.2, 0.25) is 11.8 Å². The molecule has 0 radical (unpaired) electrons. The molecule has 1 aromatic carbocycles. The van der Waals surface area contributed by atoms with E-state index in [2.05, 4.69) is 10.2 Å². The van der Waals surface area contributed by atoms with Crippen molar-refractivity contribution in [3.8, 4) is 5.75 Å². The highest BCUT2D eigenvalue weighted by Crippen LogP contribution is 2.17. The molecule has 96 valence electrons. The molecule has 0 aliphatic rings. The lowest BCUT2D eigenvalue weighted by Crippen LogP contribution is -2.02. The Morgan fingerprint density at radius 1 is 1.22 bits per heavy atom. The Kier molecular flexibility index (Phi) is 4.55. The van der Waals surface area contributed by atoms with E-state index in [1.54, 1.807) is 12.1 Å². The van der Waals surface area contributed by atoms with E-state index in [1.165, 1.54) is 0 Å². The molecule has 18 heavy (non-hydrogen) atoms. The maximum absolute atomic E-state index is 5.85. The fourth-order valence-corrected chi connectivity index (χ4v) is 1.61. The Bertz CT molecular complexity index is 502. The van der Waals surface area contributed by atoms with Crippen molar-refractivity contribution in [1.82, 2.24) is 10.2 Å². The summed E-state index contributed by atoms with van der Waals surface area (Å²) in [5, 5.41) is 8.43. The van der Waals surface area contributed by atoms with Crippen LogP contribution in [0, 0.1) is 0 Å². The average Bonchev–Trinajstić information content (AvgIpc) is 2.78. The lowest BCUT2D eigenvalue weighted by molar-refractivity contribution is 0.304. The molecule has 0 aliphatic heterocycles. The van der Waals surface area contributed by atoms with Crippen LogP contribution < -0.4 is 10.5 Å². The molecule has 2 rings (SSSR count). The van der Waals surface area contributed by atoms with Gasteiger partial charge in [0, 0.05) is 18.0 Å². The van der Waals surface area contributed by atoms with Gasteiger partial charge in [-0.15, -0.1) is 10.2 Å². The van der Waals surface area contributed by atoms with E-state index in [0.717, 1.165) is 5.75 Å². The van der Waals surface area contributed by atoms with Gasteiger partial charge in [-0.1, -0.05) is 17.7 Å². The summed E-state index contributed by atoms with van der Waals surface area (Å²) in [7, 11) is 0. The van der Waals surface area contributed by atoms with Crippen LogP contribution in [-0.4, -0.2) is 23.3 Å². The summed E-state index contributed by atoms with van der Waals surface area (Å²) in [5.41, 5.74) is 5.40. The number of nitrogens with zero attached hydrogens (tertiary/aromatic N) is 2. The molecule has 1 heterocycles. The third-order valence-electron chi connectivity index (χ3n) is 2.25. The number of halogens is 1. The van der Waals surface area contributed by atoms with Gasteiger partial charge in [0.05, 0.1) is 13.0 Å². The van der Waals surface area contributed by atoms with Gasteiger partial charge in [-0.2, -0.15) is 0 Å². The predicted molar refractivity (Wildman–Crippen MR) is 67.7 cm³/mol. The van der Waals surface area contributed by atoms with E-state index in [-0.39, 0.29) is 0 Å². The maximum Gasteiger partial charge on any atom is 0.219 e. The van der Waals surface area contributed by atoms with Gasteiger partial charge < -0.3 is 14.9 Å². The van der Waals surface area contributed by atoms with Crippen LogP contribution in [0.15, 0.2) is 28.7 Å². The van der Waals surface area contributed by atoms with Crippen LogP contribution >= 0.6 is 11.6 Å². The fraction of sp³-hybridized carbons (Fsp3) is 0.333. The zero-order valence-corrected chi connectivity index (χ0v) is 10.6. The lowest BCUT2D eigenvalue weighted by atomic mass is 10.3. The second-order valence-electron chi connectivity index (χ2n) is 3.68. The molecule has 0 saturated carbocycles. The van der Waals surface area contributed by atoms with Crippen LogP contribution in [0.25, 0.3) is 0 Å². The van der Waals surface area contributed by atoms with E-state index in [4.69, 9.17) is 26.5 Å². The maximum atomic E-state index is 5.85. The SMILES string of the molecule is NCCc1nnc(CCOc2cccc(Cl)c2)o1. The Balaban J connectivity index is 1.81. The van der Waals surface area contributed by atoms with Crippen molar-refractivity contribution in [2.24, 2.45) is 5.73 Å². The van der Waals surface area contributed by atoms with Gasteiger partial charge in [0.1, 0.15) is 5.75 Å². The second kappa shape index (κ2) is 6.37. The number of rotatable bonds is 6. The topological polar surface area (TPSA) is 74.2 Å². The van der Waals surface area contributed by atoms with Gasteiger partial charge >= 0.3 is 0 Å². The third-order valence-corrected chi connectivity index (χ3v) is 2.48. The molecule has 1 aromatic heterocycles. The molecule has 0 amide bonds. The summed E-state index contributed by atoms with van der Waals surface area (Å²) in [6.07, 6.45) is 1.16. The van der Waals surface area contributed by atoms with Crippen molar-refractivity contribution in [3.05, 3.63) is 41.1 Å². The van der Waals surface area contributed by atoms with Gasteiger partial charge in [0.25, 0.3) is 0 Å². The average molecular weight is 268 g/mol. The normalized spacial score (nSPS) is 10.6. The summed E-state index contributed by atoms with van der Waals surface area (Å²) in [4.78, 5) is 0. The molecule has 2 N–H and O–H groups in total. The van der Waals surface area contributed by atoms with Crippen LogP contribution in [-0.2, 0) is 12.8 Å². The first-order valence-corrected chi connectivity index (χ1v) is 6.05. The van der Waals surface area contributed by atoms with E-state index in [9.17, 15) is 0 Å². The van der Waals surface area contributed by atoms with Crippen molar-refractivity contribution in [2.75, 3.05) is 13.2 Å². The molecule has 0 bridgehead atoms. The molecule has 0 unspecified atom stereocenters. The van der Waals surface area contributed by atoms with Crippen molar-refractivity contribution < 1.29 is 9.15 Å². The quantitative estimate of drug-likeness (QED) is 0.864. The second-order valence-corrected chi connectivity index (χ2v) is 4.12. The smallest absolute Gasteiger partial charge is 0.219 e. The molecular formula is C12H14ClN3O2. The lowest BCUT2D eigenvalue weighted by Gasteiger charge is -2.04. The van der Waals surface area contributed by atoms with Crippen molar-refractivity contribution >= 4 is 11.6 Å². The monoisotopic (exact) mass is 267 g/mol. The summed E-state index contributed by atoms with van der Waals surface area (Å²) in [5.74, 6) is 1.85. The Labute approximate surface area is 110 Å². The van der Waals surface area contributed by atoms with E-state index in [0.29, 0.717) is 42.8 Å². The molecular weight excluding hydrogens is 254 g/mol. The van der Waals surface area contributed by atoms with Crippen LogP contribution in [0.1, 0.15) is 11.8 Å².